The molecule has 4 N–H and O–H groups in total. The van der Waals surface area contributed by atoms with Crippen molar-refractivity contribution in [3.8, 4) is 0 Å². The summed E-state index contributed by atoms with van der Waals surface area (Å²) in [6.07, 6.45) is 2.23. The molecule has 25 heavy (non-hydrogen) atoms. The Kier molecular flexibility index (Phi) is 5.33. The van der Waals surface area contributed by atoms with Crippen molar-refractivity contribution in [2.24, 2.45) is 16.6 Å². The highest BCUT2D eigenvalue weighted by atomic mass is 16.4. The molecular formula is C17H17N3O5. The van der Waals surface area contributed by atoms with Crippen LogP contribution in [0.1, 0.15) is 12.5 Å². The van der Waals surface area contributed by atoms with Gasteiger partial charge in [0.1, 0.15) is 17.2 Å². The van der Waals surface area contributed by atoms with Gasteiger partial charge < -0.3 is 20.6 Å². The molecule has 1 unspecified atom stereocenters. The molecular weight excluding hydrogens is 326 g/mol. The minimum Gasteiger partial charge on any atom is -0.481 e. The van der Waals surface area contributed by atoms with Gasteiger partial charge in [-0.3, -0.25) is 14.6 Å². The number of hydrogen-bond donors (Lipinski definition) is 3. The van der Waals surface area contributed by atoms with Crippen LogP contribution in [-0.2, 0) is 9.59 Å². The number of amides is 1. The van der Waals surface area contributed by atoms with Crippen molar-refractivity contribution >= 4 is 34.2 Å². The van der Waals surface area contributed by atoms with E-state index in [4.69, 9.17) is 15.3 Å². The van der Waals surface area contributed by atoms with Crippen molar-refractivity contribution in [1.82, 2.24) is 0 Å². The number of carboxylic acids is 1. The molecule has 0 fully saturated rings. The van der Waals surface area contributed by atoms with Crippen LogP contribution in [0.2, 0.25) is 0 Å². The van der Waals surface area contributed by atoms with E-state index in [-0.39, 0.29) is 5.71 Å². The zero-order valence-corrected chi connectivity index (χ0v) is 13.6. The van der Waals surface area contributed by atoms with E-state index < -0.39 is 23.4 Å². The summed E-state index contributed by atoms with van der Waals surface area (Å²) in [5, 5.41) is 12.4. The van der Waals surface area contributed by atoms with Crippen molar-refractivity contribution in [2.45, 2.75) is 13.8 Å². The van der Waals surface area contributed by atoms with Crippen LogP contribution in [0.5, 0.6) is 0 Å². The highest BCUT2D eigenvalue weighted by Crippen LogP contribution is 2.22. The number of aryl methyl sites for hydroxylation is 1. The summed E-state index contributed by atoms with van der Waals surface area (Å²) in [6.45, 7) is 3.14. The van der Waals surface area contributed by atoms with Crippen molar-refractivity contribution in [3.63, 3.8) is 0 Å². The van der Waals surface area contributed by atoms with Crippen molar-refractivity contribution in [1.29, 1.82) is 0 Å². The standard InChI is InChI=1S/C17H17N3O5/c1-9-7-11(8-13-12(9)3-4-14(21)25-13)20-16(22)15(19-6-5-18)10(2)17(23)24/h3-8,10H,18H2,1-2H3,(H,20,22)(H,23,24)/b6-5-,19-15?. The molecule has 130 valence electrons. The number of carbonyl (C=O) groups is 2. The highest BCUT2D eigenvalue weighted by Gasteiger charge is 2.25. The zero-order valence-electron chi connectivity index (χ0n) is 13.6. The van der Waals surface area contributed by atoms with Gasteiger partial charge in [0.2, 0.25) is 0 Å². The van der Waals surface area contributed by atoms with Gasteiger partial charge >= 0.3 is 11.6 Å². The van der Waals surface area contributed by atoms with E-state index in [1.807, 2.05) is 0 Å². The third kappa shape index (κ3) is 4.11. The number of hydrogen-bond acceptors (Lipinski definition) is 6. The quantitative estimate of drug-likeness (QED) is 0.558. The lowest BCUT2D eigenvalue weighted by atomic mass is 10.0. The van der Waals surface area contributed by atoms with Crippen LogP contribution < -0.4 is 16.7 Å². The molecule has 0 bridgehead atoms. The normalized spacial score (nSPS) is 13.1. The smallest absolute Gasteiger partial charge is 0.336 e. The minimum absolute atomic E-state index is 0.207. The average molecular weight is 343 g/mol. The lowest BCUT2D eigenvalue weighted by Crippen LogP contribution is -2.32. The third-order valence-electron chi connectivity index (χ3n) is 3.52. The summed E-state index contributed by atoms with van der Waals surface area (Å²) in [5.41, 5.74) is 5.93. The van der Waals surface area contributed by atoms with Crippen molar-refractivity contribution < 1.29 is 19.1 Å². The first-order valence-corrected chi connectivity index (χ1v) is 7.36. The van der Waals surface area contributed by atoms with E-state index >= 15 is 0 Å². The second kappa shape index (κ2) is 7.43. The predicted octanol–water partition coefficient (Wildman–Crippen LogP) is 1.63. The average Bonchev–Trinajstić information content (AvgIpc) is 2.54. The fourth-order valence-corrected chi connectivity index (χ4v) is 2.23. The first kappa shape index (κ1) is 17.9. The van der Waals surface area contributed by atoms with Crippen LogP contribution >= 0.6 is 0 Å². The fourth-order valence-electron chi connectivity index (χ4n) is 2.23. The molecule has 1 aromatic carbocycles. The van der Waals surface area contributed by atoms with Gasteiger partial charge in [-0.05, 0) is 31.5 Å². The Morgan fingerprint density at radius 1 is 1.36 bits per heavy atom. The van der Waals surface area contributed by atoms with Gasteiger partial charge in [-0.1, -0.05) is 0 Å². The number of carboxylic acid groups (broad SMARTS) is 1. The third-order valence-corrected chi connectivity index (χ3v) is 3.52. The van der Waals surface area contributed by atoms with Gasteiger partial charge in [-0.2, -0.15) is 0 Å². The van der Waals surface area contributed by atoms with Crippen molar-refractivity contribution in [2.75, 3.05) is 5.32 Å². The van der Waals surface area contributed by atoms with Crippen LogP contribution in [0.4, 0.5) is 5.69 Å². The summed E-state index contributed by atoms with van der Waals surface area (Å²) >= 11 is 0. The number of carbonyl (C=O) groups excluding carboxylic acids is 1. The number of nitrogens with zero attached hydrogens (tertiary/aromatic N) is 1. The highest BCUT2D eigenvalue weighted by molar-refractivity contribution is 6.46. The predicted molar refractivity (Wildman–Crippen MR) is 93.4 cm³/mol. The lowest BCUT2D eigenvalue weighted by Gasteiger charge is -2.12. The monoisotopic (exact) mass is 343 g/mol. The van der Waals surface area contributed by atoms with Crippen LogP contribution in [0.3, 0.4) is 0 Å². The number of nitrogens with two attached hydrogens (primary N) is 1. The molecule has 0 saturated heterocycles. The lowest BCUT2D eigenvalue weighted by molar-refractivity contribution is -0.139. The van der Waals surface area contributed by atoms with Gasteiger partial charge in [0, 0.05) is 35.6 Å². The Hall–Kier alpha value is -3.42. The van der Waals surface area contributed by atoms with E-state index in [1.54, 1.807) is 19.1 Å². The maximum absolute atomic E-state index is 12.4. The Bertz CT molecular complexity index is 943. The second-order valence-corrected chi connectivity index (χ2v) is 5.33. The summed E-state index contributed by atoms with van der Waals surface area (Å²) in [5.74, 6) is -3.01. The fraction of sp³-hybridized carbons (Fsp3) is 0.176. The minimum atomic E-state index is -1.19. The number of aliphatic imine (C=N–C) groups is 1. The van der Waals surface area contributed by atoms with Crippen LogP contribution in [-0.4, -0.2) is 22.7 Å². The molecule has 0 aliphatic rings. The molecule has 1 heterocycles. The maximum Gasteiger partial charge on any atom is 0.336 e. The van der Waals surface area contributed by atoms with E-state index in [0.717, 1.165) is 23.3 Å². The second-order valence-electron chi connectivity index (χ2n) is 5.33. The van der Waals surface area contributed by atoms with Gasteiger partial charge in [-0.25, -0.2) is 4.79 Å². The number of aliphatic carboxylic acids is 1. The Balaban J connectivity index is 2.39. The summed E-state index contributed by atoms with van der Waals surface area (Å²) in [4.78, 5) is 38.7. The first-order valence-electron chi connectivity index (χ1n) is 7.36. The van der Waals surface area contributed by atoms with Gasteiger partial charge in [0.15, 0.2) is 0 Å². The molecule has 0 saturated carbocycles. The van der Waals surface area contributed by atoms with Gasteiger partial charge in [-0.15, -0.1) is 0 Å². The molecule has 1 atom stereocenters. The number of fused-ring (bicyclic) bond motifs is 1. The van der Waals surface area contributed by atoms with Gasteiger partial charge in [0.05, 0.1) is 0 Å². The number of nitrogens with one attached hydrogen (secondary N) is 1. The molecule has 8 heteroatoms. The number of rotatable bonds is 5. The Morgan fingerprint density at radius 2 is 2.08 bits per heavy atom. The summed E-state index contributed by atoms with van der Waals surface area (Å²) in [7, 11) is 0. The maximum atomic E-state index is 12.4. The molecule has 0 aliphatic heterocycles. The molecule has 0 aliphatic carbocycles. The molecule has 1 amide bonds. The Morgan fingerprint density at radius 3 is 2.72 bits per heavy atom. The summed E-state index contributed by atoms with van der Waals surface area (Å²) in [6, 6.07) is 6.12. The SMILES string of the molecule is Cc1cc(NC(=O)C(=N/C=C\N)C(C)C(=O)O)cc2oc(=O)ccc12. The molecule has 2 rings (SSSR count). The van der Waals surface area contributed by atoms with E-state index in [2.05, 4.69) is 10.3 Å². The van der Waals surface area contributed by atoms with Crippen LogP contribution in [0.25, 0.3) is 11.0 Å². The molecule has 1 aromatic heterocycles. The van der Waals surface area contributed by atoms with Crippen molar-refractivity contribution in [3.05, 3.63) is 52.6 Å². The number of anilines is 1. The Labute approximate surface area is 142 Å². The van der Waals surface area contributed by atoms with Gasteiger partial charge in [0.25, 0.3) is 5.91 Å². The van der Waals surface area contributed by atoms with E-state index in [0.29, 0.717) is 11.3 Å². The molecule has 0 spiro atoms. The summed E-state index contributed by atoms with van der Waals surface area (Å²) < 4.78 is 5.12. The topological polar surface area (TPSA) is 135 Å². The largest absolute Gasteiger partial charge is 0.481 e. The van der Waals surface area contributed by atoms with E-state index in [1.165, 1.54) is 19.1 Å². The van der Waals surface area contributed by atoms with Crippen LogP contribution in [0, 0.1) is 12.8 Å². The molecule has 2 aromatic rings. The first-order chi connectivity index (χ1) is 11.8. The molecule has 0 radical (unpaired) electrons. The van der Waals surface area contributed by atoms with E-state index in [9.17, 15) is 14.4 Å². The molecule has 8 nitrogen and oxygen atoms in total. The zero-order chi connectivity index (χ0) is 18.6. The van der Waals surface area contributed by atoms with Crippen LogP contribution in [0.15, 0.2) is 50.9 Å². The number of benzene rings is 1.